The molecule has 1 heterocycles. The fraction of sp³-hybridized carbons (Fsp3) is 0.467. The van der Waals surface area contributed by atoms with Crippen LogP contribution in [0.2, 0.25) is 0 Å². The van der Waals surface area contributed by atoms with Crippen molar-refractivity contribution in [3.05, 3.63) is 28.2 Å². The lowest BCUT2D eigenvalue weighted by molar-refractivity contribution is -0.134. The largest absolute Gasteiger partial charge is 0.496 e. The Bertz CT molecular complexity index is 548. The first-order valence-corrected chi connectivity index (χ1v) is 7.75. The molecule has 1 aliphatic rings. The number of carbonyl (C=O) groups is 2. The third kappa shape index (κ3) is 3.75. The second-order valence-electron chi connectivity index (χ2n) is 4.99. The minimum Gasteiger partial charge on any atom is -0.496 e. The van der Waals surface area contributed by atoms with Crippen LogP contribution < -0.4 is 10.1 Å². The zero-order valence-corrected chi connectivity index (χ0v) is 13.8. The number of nitrogens with one attached hydrogen (secondary N) is 1. The third-order valence-corrected chi connectivity index (χ3v) is 4.06. The van der Waals surface area contributed by atoms with E-state index in [1.807, 2.05) is 25.1 Å². The van der Waals surface area contributed by atoms with Crippen LogP contribution in [0, 0.1) is 0 Å². The zero-order valence-electron chi connectivity index (χ0n) is 12.2. The molecular weight excluding hydrogens is 336 g/mol. The van der Waals surface area contributed by atoms with Gasteiger partial charge in [0, 0.05) is 29.5 Å². The normalized spacial score (nSPS) is 19.2. The first-order chi connectivity index (χ1) is 10.0. The van der Waals surface area contributed by atoms with Crippen LogP contribution in [0.4, 0.5) is 0 Å². The van der Waals surface area contributed by atoms with Crippen LogP contribution in [-0.2, 0) is 16.1 Å². The summed E-state index contributed by atoms with van der Waals surface area (Å²) in [4.78, 5) is 25.8. The summed E-state index contributed by atoms with van der Waals surface area (Å²) in [5.74, 6) is 0.631. The molecule has 1 atom stereocenters. The first-order valence-electron chi connectivity index (χ1n) is 6.95. The fourth-order valence-corrected chi connectivity index (χ4v) is 2.81. The number of methoxy groups -OCH3 is 1. The summed E-state index contributed by atoms with van der Waals surface area (Å²) in [7, 11) is 1.61. The van der Waals surface area contributed by atoms with E-state index in [-0.39, 0.29) is 11.8 Å². The van der Waals surface area contributed by atoms with Crippen LogP contribution >= 0.6 is 15.9 Å². The second-order valence-corrected chi connectivity index (χ2v) is 5.91. The fourth-order valence-electron chi connectivity index (χ4n) is 2.41. The van der Waals surface area contributed by atoms with Crippen molar-refractivity contribution in [2.24, 2.45) is 0 Å². The van der Waals surface area contributed by atoms with Crippen molar-refractivity contribution < 1.29 is 14.3 Å². The lowest BCUT2D eigenvalue weighted by Crippen LogP contribution is -2.43. The Kier molecular flexibility index (Phi) is 5.22. The van der Waals surface area contributed by atoms with Gasteiger partial charge in [0.1, 0.15) is 11.8 Å². The van der Waals surface area contributed by atoms with Gasteiger partial charge in [-0.1, -0.05) is 22.9 Å². The van der Waals surface area contributed by atoms with Crippen LogP contribution in [0.25, 0.3) is 0 Å². The van der Waals surface area contributed by atoms with Crippen molar-refractivity contribution in [1.29, 1.82) is 0 Å². The van der Waals surface area contributed by atoms with Crippen molar-refractivity contribution in [3.63, 3.8) is 0 Å². The average Bonchev–Trinajstić information content (AvgIpc) is 2.60. The highest BCUT2D eigenvalue weighted by Crippen LogP contribution is 2.25. The van der Waals surface area contributed by atoms with Crippen LogP contribution in [0.1, 0.15) is 25.3 Å². The molecule has 21 heavy (non-hydrogen) atoms. The van der Waals surface area contributed by atoms with Crippen molar-refractivity contribution >= 4 is 27.7 Å². The number of carbonyl (C=O) groups excluding carboxylic acids is 2. The molecule has 1 aromatic rings. The SMILES string of the molecule is CCC1NC(=O)CCN(Cc2cc(Br)ccc2OC)C1=O. The van der Waals surface area contributed by atoms with E-state index in [1.54, 1.807) is 12.0 Å². The van der Waals surface area contributed by atoms with Crippen molar-refractivity contribution in [2.45, 2.75) is 32.4 Å². The first kappa shape index (κ1) is 15.8. The van der Waals surface area contributed by atoms with Crippen LogP contribution in [0.5, 0.6) is 5.75 Å². The molecule has 0 saturated carbocycles. The van der Waals surface area contributed by atoms with Gasteiger partial charge in [0.2, 0.25) is 11.8 Å². The minimum absolute atomic E-state index is 0.0367. The van der Waals surface area contributed by atoms with Crippen LogP contribution in [-0.4, -0.2) is 36.4 Å². The molecule has 1 unspecified atom stereocenters. The number of ether oxygens (including phenoxy) is 1. The molecule has 2 amide bonds. The van der Waals surface area contributed by atoms with E-state index >= 15 is 0 Å². The number of hydrogen-bond acceptors (Lipinski definition) is 3. The number of rotatable bonds is 4. The monoisotopic (exact) mass is 354 g/mol. The van der Waals surface area contributed by atoms with E-state index in [0.717, 1.165) is 15.8 Å². The van der Waals surface area contributed by atoms with E-state index in [1.165, 1.54) is 0 Å². The summed E-state index contributed by atoms with van der Waals surface area (Å²) < 4.78 is 6.27. The molecule has 114 valence electrons. The summed E-state index contributed by atoms with van der Waals surface area (Å²) in [6, 6.07) is 5.26. The summed E-state index contributed by atoms with van der Waals surface area (Å²) >= 11 is 3.43. The number of amides is 2. The molecule has 0 aliphatic carbocycles. The lowest BCUT2D eigenvalue weighted by atomic mass is 10.1. The second kappa shape index (κ2) is 6.93. The van der Waals surface area contributed by atoms with E-state index in [2.05, 4.69) is 21.2 Å². The van der Waals surface area contributed by atoms with Gasteiger partial charge in [0.25, 0.3) is 0 Å². The Balaban J connectivity index is 2.23. The van der Waals surface area contributed by atoms with Gasteiger partial charge in [-0.05, 0) is 24.6 Å². The Morgan fingerprint density at radius 1 is 1.43 bits per heavy atom. The number of nitrogens with zero attached hydrogens (tertiary/aromatic N) is 1. The van der Waals surface area contributed by atoms with E-state index in [4.69, 9.17) is 4.74 Å². The van der Waals surface area contributed by atoms with Crippen molar-refractivity contribution in [3.8, 4) is 5.75 Å². The van der Waals surface area contributed by atoms with Crippen molar-refractivity contribution in [1.82, 2.24) is 10.2 Å². The quantitative estimate of drug-likeness (QED) is 0.900. The van der Waals surface area contributed by atoms with Gasteiger partial charge in [-0.25, -0.2) is 0 Å². The Labute approximate surface area is 132 Å². The maximum atomic E-state index is 12.5. The highest BCUT2D eigenvalue weighted by atomic mass is 79.9. The summed E-state index contributed by atoms with van der Waals surface area (Å²) in [6.07, 6.45) is 0.926. The van der Waals surface area contributed by atoms with Gasteiger partial charge in [-0.3, -0.25) is 9.59 Å². The molecule has 0 aromatic heterocycles. The van der Waals surface area contributed by atoms with Gasteiger partial charge in [0.05, 0.1) is 7.11 Å². The maximum Gasteiger partial charge on any atom is 0.245 e. The van der Waals surface area contributed by atoms with Gasteiger partial charge in [0.15, 0.2) is 0 Å². The molecule has 0 spiro atoms. The van der Waals surface area contributed by atoms with Gasteiger partial charge < -0.3 is 15.0 Å². The molecule has 6 heteroatoms. The topological polar surface area (TPSA) is 58.6 Å². The van der Waals surface area contributed by atoms with E-state index in [0.29, 0.717) is 25.9 Å². The van der Waals surface area contributed by atoms with E-state index < -0.39 is 6.04 Å². The number of halogens is 1. The standard InChI is InChI=1S/C15H19BrN2O3/c1-3-12-15(20)18(7-6-14(19)17-12)9-10-8-11(16)4-5-13(10)21-2/h4-5,8,12H,3,6-7,9H2,1-2H3,(H,17,19). The number of benzene rings is 1. The summed E-state index contributed by atoms with van der Waals surface area (Å²) in [5.41, 5.74) is 0.921. The third-order valence-electron chi connectivity index (χ3n) is 3.57. The Hall–Kier alpha value is -1.56. The predicted octanol–water partition coefficient (Wildman–Crippen LogP) is 2.08. The molecule has 1 fully saturated rings. The Morgan fingerprint density at radius 2 is 2.19 bits per heavy atom. The molecule has 2 rings (SSSR count). The van der Waals surface area contributed by atoms with Crippen LogP contribution in [0.3, 0.4) is 0 Å². The lowest BCUT2D eigenvalue weighted by Gasteiger charge is -2.24. The van der Waals surface area contributed by atoms with Gasteiger partial charge in [-0.15, -0.1) is 0 Å². The molecule has 1 aliphatic heterocycles. The predicted molar refractivity (Wildman–Crippen MR) is 82.9 cm³/mol. The molecule has 1 saturated heterocycles. The van der Waals surface area contributed by atoms with Gasteiger partial charge in [-0.2, -0.15) is 0 Å². The van der Waals surface area contributed by atoms with Crippen molar-refractivity contribution in [2.75, 3.05) is 13.7 Å². The van der Waals surface area contributed by atoms with Crippen LogP contribution in [0.15, 0.2) is 22.7 Å². The zero-order chi connectivity index (χ0) is 15.4. The Morgan fingerprint density at radius 3 is 2.86 bits per heavy atom. The average molecular weight is 355 g/mol. The molecule has 0 radical (unpaired) electrons. The smallest absolute Gasteiger partial charge is 0.245 e. The molecule has 0 bridgehead atoms. The summed E-state index contributed by atoms with van der Waals surface area (Å²) in [6.45, 7) is 2.76. The highest BCUT2D eigenvalue weighted by molar-refractivity contribution is 9.10. The molecule has 1 aromatic carbocycles. The highest BCUT2D eigenvalue weighted by Gasteiger charge is 2.28. The minimum atomic E-state index is -0.432. The molecule has 5 nitrogen and oxygen atoms in total. The van der Waals surface area contributed by atoms with E-state index in [9.17, 15) is 9.59 Å². The molecular formula is C15H19BrN2O3. The number of hydrogen-bond donors (Lipinski definition) is 1. The maximum absolute atomic E-state index is 12.5. The van der Waals surface area contributed by atoms with Gasteiger partial charge >= 0.3 is 0 Å². The molecule has 1 N–H and O–H groups in total. The summed E-state index contributed by atoms with van der Waals surface area (Å²) in [5, 5.41) is 2.76.